The summed E-state index contributed by atoms with van der Waals surface area (Å²) in [4.78, 5) is 14.1. The standard InChI is InChI=1S/C17H12Cl2N2O/c18-12-8-13-15(10-20)21(17(22)16(13)14(19)9-12)7-6-11-4-2-1-3-5-11/h1-5,8-9,15H,6-7H2. The van der Waals surface area contributed by atoms with Crippen LogP contribution in [0.25, 0.3) is 0 Å². The van der Waals surface area contributed by atoms with Crippen LogP contribution in [0.3, 0.4) is 0 Å². The van der Waals surface area contributed by atoms with Crippen molar-refractivity contribution in [3.8, 4) is 6.07 Å². The van der Waals surface area contributed by atoms with Crippen LogP contribution in [0.4, 0.5) is 0 Å². The Hall–Kier alpha value is -2.02. The average molecular weight is 331 g/mol. The van der Waals surface area contributed by atoms with Gasteiger partial charge >= 0.3 is 0 Å². The Labute approximate surface area is 138 Å². The molecule has 5 heteroatoms. The number of nitrogens with zero attached hydrogens (tertiary/aromatic N) is 2. The summed E-state index contributed by atoms with van der Waals surface area (Å²) < 4.78 is 0. The molecule has 0 saturated carbocycles. The van der Waals surface area contributed by atoms with Crippen molar-refractivity contribution in [2.75, 3.05) is 6.54 Å². The van der Waals surface area contributed by atoms with Crippen LogP contribution in [-0.2, 0) is 6.42 Å². The molecule has 0 fully saturated rings. The molecule has 3 rings (SSSR count). The predicted octanol–water partition coefficient (Wildman–Crippen LogP) is 4.26. The fourth-order valence-corrected chi connectivity index (χ4v) is 3.32. The summed E-state index contributed by atoms with van der Waals surface area (Å²) in [6, 6.07) is 14.6. The van der Waals surface area contributed by atoms with Gasteiger partial charge in [-0.3, -0.25) is 4.79 Å². The van der Waals surface area contributed by atoms with E-state index >= 15 is 0 Å². The minimum atomic E-state index is -0.637. The molecule has 0 spiro atoms. The highest BCUT2D eigenvalue weighted by Gasteiger charge is 2.38. The average Bonchev–Trinajstić information content (AvgIpc) is 2.77. The third kappa shape index (κ3) is 2.56. The third-order valence-corrected chi connectivity index (χ3v) is 4.29. The van der Waals surface area contributed by atoms with Crippen LogP contribution >= 0.6 is 23.2 Å². The summed E-state index contributed by atoms with van der Waals surface area (Å²) in [6.07, 6.45) is 0.685. The highest BCUT2D eigenvalue weighted by molar-refractivity contribution is 6.37. The number of fused-ring (bicyclic) bond motifs is 1. The van der Waals surface area contributed by atoms with Crippen LogP contribution in [0.1, 0.15) is 27.5 Å². The molecule has 22 heavy (non-hydrogen) atoms. The fourth-order valence-electron chi connectivity index (χ4n) is 2.73. The number of hydrogen-bond donors (Lipinski definition) is 0. The zero-order valence-electron chi connectivity index (χ0n) is 11.6. The maximum Gasteiger partial charge on any atom is 0.257 e. The molecule has 1 aliphatic heterocycles. The van der Waals surface area contributed by atoms with Gasteiger partial charge in [-0.05, 0) is 24.1 Å². The first kappa shape index (κ1) is 14.9. The molecular weight excluding hydrogens is 319 g/mol. The Morgan fingerprint density at radius 2 is 1.91 bits per heavy atom. The Morgan fingerprint density at radius 3 is 2.59 bits per heavy atom. The van der Waals surface area contributed by atoms with Gasteiger partial charge in [-0.2, -0.15) is 5.26 Å². The molecule has 0 radical (unpaired) electrons. The highest BCUT2D eigenvalue weighted by Crippen LogP contribution is 2.39. The number of nitriles is 1. The molecule has 1 heterocycles. The molecule has 0 N–H and O–H groups in total. The lowest BCUT2D eigenvalue weighted by Crippen LogP contribution is -2.29. The van der Waals surface area contributed by atoms with Gasteiger partial charge in [0.15, 0.2) is 0 Å². The predicted molar refractivity (Wildman–Crippen MR) is 86.0 cm³/mol. The molecule has 110 valence electrons. The van der Waals surface area contributed by atoms with Crippen molar-refractivity contribution >= 4 is 29.1 Å². The van der Waals surface area contributed by atoms with Crippen molar-refractivity contribution in [1.82, 2.24) is 4.90 Å². The molecular formula is C17H12Cl2N2O. The minimum Gasteiger partial charge on any atom is -0.318 e. The molecule has 3 nitrogen and oxygen atoms in total. The van der Waals surface area contributed by atoms with E-state index in [2.05, 4.69) is 6.07 Å². The largest absolute Gasteiger partial charge is 0.318 e. The number of benzene rings is 2. The van der Waals surface area contributed by atoms with E-state index in [4.69, 9.17) is 23.2 Å². The van der Waals surface area contributed by atoms with Crippen LogP contribution in [0, 0.1) is 11.3 Å². The number of carbonyl (C=O) groups is 1. The lowest BCUT2D eigenvalue weighted by atomic mass is 10.1. The highest BCUT2D eigenvalue weighted by atomic mass is 35.5. The van der Waals surface area contributed by atoms with Crippen LogP contribution in [-0.4, -0.2) is 17.4 Å². The minimum absolute atomic E-state index is 0.209. The van der Waals surface area contributed by atoms with E-state index in [1.165, 1.54) is 6.07 Å². The molecule has 0 aromatic heterocycles. The van der Waals surface area contributed by atoms with Gasteiger partial charge in [-0.25, -0.2) is 0 Å². The first-order valence-corrected chi connectivity index (χ1v) is 7.61. The maximum absolute atomic E-state index is 12.6. The second kappa shape index (κ2) is 6.00. The quantitative estimate of drug-likeness (QED) is 0.844. The van der Waals surface area contributed by atoms with Crippen molar-refractivity contribution < 1.29 is 4.79 Å². The zero-order valence-corrected chi connectivity index (χ0v) is 13.1. The summed E-state index contributed by atoms with van der Waals surface area (Å²) in [5.74, 6) is -0.209. The van der Waals surface area contributed by atoms with E-state index in [1.807, 2.05) is 30.3 Å². The van der Waals surface area contributed by atoms with Gasteiger partial charge in [0.25, 0.3) is 5.91 Å². The first-order chi connectivity index (χ1) is 10.6. The summed E-state index contributed by atoms with van der Waals surface area (Å²) >= 11 is 12.1. The first-order valence-electron chi connectivity index (χ1n) is 6.85. The Kier molecular flexibility index (Phi) is 4.06. The molecule has 1 amide bonds. The lowest BCUT2D eigenvalue weighted by Gasteiger charge is -2.20. The third-order valence-electron chi connectivity index (χ3n) is 3.77. The summed E-state index contributed by atoms with van der Waals surface area (Å²) in [5, 5.41) is 10.2. The van der Waals surface area contributed by atoms with E-state index in [1.54, 1.807) is 11.0 Å². The van der Waals surface area contributed by atoms with E-state index < -0.39 is 6.04 Å². The number of halogens is 2. The van der Waals surface area contributed by atoms with Crippen LogP contribution < -0.4 is 0 Å². The second-order valence-electron chi connectivity index (χ2n) is 5.12. The van der Waals surface area contributed by atoms with E-state index in [0.29, 0.717) is 34.1 Å². The van der Waals surface area contributed by atoms with Crippen molar-refractivity contribution in [3.05, 3.63) is 69.2 Å². The van der Waals surface area contributed by atoms with Crippen molar-refractivity contribution in [3.63, 3.8) is 0 Å². The second-order valence-corrected chi connectivity index (χ2v) is 5.96. The zero-order chi connectivity index (χ0) is 15.7. The smallest absolute Gasteiger partial charge is 0.257 e. The molecule has 1 atom stereocenters. The summed E-state index contributed by atoms with van der Waals surface area (Å²) in [5.41, 5.74) is 2.11. The number of carbonyl (C=O) groups excluding carboxylic acids is 1. The molecule has 2 aromatic rings. The van der Waals surface area contributed by atoms with E-state index in [0.717, 1.165) is 5.56 Å². The Balaban J connectivity index is 1.89. The van der Waals surface area contributed by atoms with E-state index in [9.17, 15) is 10.1 Å². The number of rotatable bonds is 3. The van der Waals surface area contributed by atoms with Gasteiger partial charge < -0.3 is 4.90 Å². The molecule has 2 aromatic carbocycles. The van der Waals surface area contributed by atoms with Crippen LogP contribution in [0.2, 0.25) is 10.0 Å². The molecule has 0 bridgehead atoms. The van der Waals surface area contributed by atoms with Crippen molar-refractivity contribution in [1.29, 1.82) is 5.26 Å². The molecule has 1 aliphatic rings. The van der Waals surface area contributed by atoms with Gasteiger partial charge in [-0.1, -0.05) is 53.5 Å². The van der Waals surface area contributed by atoms with Gasteiger partial charge in [0.1, 0.15) is 6.04 Å². The Morgan fingerprint density at radius 1 is 1.18 bits per heavy atom. The molecule has 1 unspecified atom stereocenters. The summed E-state index contributed by atoms with van der Waals surface area (Å²) in [7, 11) is 0. The van der Waals surface area contributed by atoms with Crippen LogP contribution in [0.15, 0.2) is 42.5 Å². The van der Waals surface area contributed by atoms with Gasteiger partial charge in [0, 0.05) is 17.1 Å². The maximum atomic E-state index is 12.6. The normalized spacial score (nSPS) is 16.5. The van der Waals surface area contributed by atoms with Gasteiger partial charge in [0.05, 0.1) is 16.7 Å². The van der Waals surface area contributed by atoms with Crippen molar-refractivity contribution in [2.24, 2.45) is 0 Å². The van der Waals surface area contributed by atoms with Crippen molar-refractivity contribution in [2.45, 2.75) is 12.5 Å². The van der Waals surface area contributed by atoms with Gasteiger partial charge in [-0.15, -0.1) is 0 Å². The number of amides is 1. The van der Waals surface area contributed by atoms with Crippen LogP contribution in [0.5, 0.6) is 0 Å². The summed E-state index contributed by atoms with van der Waals surface area (Å²) in [6.45, 7) is 0.462. The number of hydrogen-bond acceptors (Lipinski definition) is 2. The fraction of sp³-hybridized carbons (Fsp3) is 0.176. The topological polar surface area (TPSA) is 44.1 Å². The SMILES string of the molecule is N#CC1c2cc(Cl)cc(Cl)c2C(=O)N1CCc1ccccc1. The monoisotopic (exact) mass is 330 g/mol. The van der Waals surface area contributed by atoms with E-state index in [-0.39, 0.29) is 5.91 Å². The Bertz CT molecular complexity index is 768. The molecule has 0 saturated heterocycles. The molecule has 0 aliphatic carbocycles. The van der Waals surface area contributed by atoms with Gasteiger partial charge in [0.2, 0.25) is 0 Å². The lowest BCUT2D eigenvalue weighted by molar-refractivity contribution is 0.0760.